The molecule has 3 N–H and O–H groups in total. The predicted octanol–water partition coefficient (Wildman–Crippen LogP) is 1.93. The zero-order valence-electron chi connectivity index (χ0n) is 14.6. The van der Waals surface area contributed by atoms with Crippen molar-refractivity contribution in [3.05, 3.63) is 0 Å². The first-order valence-electron chi connectivity index (χ1n) is 8.45. The van der Waals surface area contributed by atoms with Crippen molar-refractivity contribution < 1.29 is 19.5 Å². The highest BCUT2D eigenvalue weighted by Crippen LogP contribution is 2.39. The number of rotatable bonds is 8. The van der Waals surface area contributed by atoms with E-state index in [1.807, 2.05) is 27.7 Å². The van der Waals surface area contributed by atoms with Gasteiger partial charge in [-0.05, 0) is 31.1 Å². The van der Waals surface area contributed by atoms with E-state index in [2.05, 4.69) is 10.6 Å². The number of hydrogen-bond donors (Lipinski definition) is 3. The summed E-state index contributed by atoms with van der Waals surface area (Å²) in [7, 11) is 0. The van der Waals surface area contributed by atoms with Crippen molar-refractivity contribution in [2.24, 2.45) is 17.3 Å². The fraction of sp³-hybridized carbons (Fsp3) is 0.824. The highest BCUT2D eigenvalue weighted by Gasteiger charge is 2.38. The van der Waals surface area contributed by atoms with Crippen LogP contribution in [0.4, 0.5) is 0 Å². The van der Waals surface area contributed by atoms with E-state index in [1.165, 1.54) is 0 Å². The molecule has 1 aliphatic carbocycles. The van der Waals surface area contributed by atoms with Gasteiger partial charge in [-0.15, -0.1) is 0 Å². The molecule has 0 bridgehead atoms. The molecular formula is C17H30N2O4. The lowest BCUT2D eigenvalue weighted by molar-refractivity contribution is -0.142. The van der Waals surface area contributed by atoms with Gasteiger partial charge >= 0.3 is 5.97 Å². The molecule has 0 aromatic carbocycles. The minimum atomic E-state index is -1.05. The molecule has 0 spiro atoms. The lowest BCUT2D eigenvalue weighted by Gasteiger charge is -2.30. The normalized spacial score (nSPS) is 17.1. The molecule has 132 valence electrons. The number of amides is 2. The van der Waals surface area contributed by atoms with Crippen LogP contribution in [0.2, 0.25) is 0 Å². The third-order valence-corrected chi connectivity index (χ3v) is 4.71. The first-order valence-corrected chi connectivity index (χ1v) is 8.45. The Morgan fingerprint density at radius 1 is 1.17 bits per heavy atom. The maximum atomic E-state index is 12.3. The number of nitrogens with one attached hydrogen (secondary N) is 2. The van der Waals surface area contributed by atoms with Crippen molar-refractivity contribution in [2.45, 2.75) is 65.8 Å². The Bertz CT molecular complexity index is 440. The zero-order valence-corrected chi connectivity index (χ0v) is 14.6. The van der Waals surface area contributed by atoms with Crippen LogP contribution in [0.1, 0.15) is 59.8 Å². The minimum absolute atomic E-state index is 0.143. The van der Waals surface area contributed by atoms with Crippen molar-refractivity contribution in [3.63, 3.8) is 0 Å². The fourth-order valence-corrected chi connectivity index (χ4v) is 3.16. The van der Waals surface area contributed by atoms with E-state index in [4.69, 9.17) is 5.11 Å². The Hall–Kier alpha value is -1.59. The zero-order chi connectivity index (χ0) is 17.6. The second-order valence-corrected chi connectivity index (χ2v) is 7.47. The van der Waals surface area contributed by atoms with Crippen LogP contribution < -0.4 is 10.6 Å². The highest BCUT2D eigenvalue weighted by atomic mass is 16.4. The summed E-state index contributed by atoms with van der Waals surface area (Å²) >= 11 is 0. The summed E-state index contributed by atoms with van der Waals surface area (Å²) in [5, 5.41) is 14.2. The molecule has 1 fully saturated rings. The topological polar surface area (TPSA) is 95.5 Å². The van der Waals surface area contributed by atoms with Gasteiger partial charge in [0.25, 0.3) is 0 Å². The Morgan fingerprint density at radius 2 is 1.74 bits per heavy atom. The summed E-state index contributed by atoms with van der Waals surface area (Å²) in [4.78, 5) is 35.4. The number of carboxylic acid groups (broad SMARTS) is 1. The smallest absolute Gasteiger partial charge is 0.326 e. The summed E-state index contributed by atoms with van der Waals surface area (Å²) in [6.45, 7) is 7.43. The Morgan fingerprint density at radius 3 is 2.22 bits per heavy atom. The molecule has 0 heterocycles. The second-order valence-electron chi connectivity index (χ2n) is 7.47. The number of carbonyl (C=O) groups is 3. The molecule has 1 saturated carbocycles. The molecule has 2 amide bonds. The van der Waals surface area contributed by atoms with Gasteiger partial charge in [0.1, 0.15) is 6.04 Å². The van der Waals surface area contributed by atoms with Gasteiger partial charge in [-0.2, -0.15) is 0 Å². The Kier molecular flexibility index (Phi) is 7.03. The van der Waals surface area contributed by atoms with E-state index in [0.29, 0.717) is 12.3 Å². The van der Waals surface area contributed by atoms with Crippen molar-refractivity contribution >= 4 is 17.8 Å². The maximum Gasteiger partial charge on any atom is 0.326 e. The van der Waals surface area contributed by atoms with Crippen LogP contribution >= 0.6 is 0 Å². The van der Waals surface area contributed by atoms with Crippen LogP contribution in [0, 0.1) is 17.3 Å². The first-order chi connectivity index (χ1) is 10.6. The number of aliphatic carboxylic acids is 1. The summed E-state index contributed by atoms with van der Waals surface area (Å²) < 4.78 is 0. The summed E-state index contributed by atoms with van der Waals surface area (Å²) in [5.74, 6) is -1.15. The van der Waals surface area contributed by atoms with E-state index >= 15 is 0 Å². The van der Waals surface area contributed by atoms with Crippen LogP contribution in [-0.2, 0) is 14.4 Å². The first kappa shape index (κ1) is 19.5. The average Bonchev–Trinajstić information content (AvgIpc) is 2.98. The van der Waals surface area contributed by atoms with E-state index in [-0.39, 0.29) is 18.4 Å². The second kappa shape index (κ2) is 8.31. The fourth-order valence-electron chi connectivity index (χ4n) is 3.16. The predicted molar refractivity (Wildman–Crippen MR) is 87.8 cm³/mol. The van der Waals surface area contributed by atoms with Gasteiger partial charge in [0.2, 0.25) is 11.8 Å². The SMILES string of the molecule is CC(C)C[C@H](NC(=O)CNC(=O)C(C)(C)C1CCCC1)C(=O)O. The minimum Gasteiger partial charge on any atom is -0.480 e. The Balaban J connectivity index is 2.48. The van der Waals surface area contributed by atoms with Crippen LogP contribution in [0.3, 0.4) is 0 Å². The number of carbonyl (C=O) groups excluding carboxylic acids is 2. The van der Waals surface area contributed by atoms with Crippen molar-refractivity contribution in [2.75, 3.05) is 6.54 Å². The van der Waals surface area contributed by atoms with Gasteiger partial charge in [-0.1, -0.05) is 40.5 Å². The summed E-state index contributed by atoms with van der Waals surface area (Å²) in [6, 6.07) is -0.915. The van der Waals surface area contributed by atoms with Crippen LogP contribution in [-0.4, -0.2) is 35.5 Å². The molecule has 6 heteroatoms. The van der Waals surface area contributed by atoms with Crippen LogP contribution in [0.5, 0.6) is 0 Å². The Labute approximate surface area is 138 Å². The van der Waals surface area contributed by atoms with Gasteiger partial charge in [0.05, 0.1) is 6.54 Å². The molecule has 23 heavy (non-hydrogen) atoms. The highest BCUT2D eigenvalue weighted by molar-refractivity contribution is 5.89. The van der Waals surface area contributed by atoms with Gasteiger partial charge in [-0.25, -0.2) is 4.79 Å². The molecule has 0 unspecified atom stereocenters. The van der Waals surface area contributed by atoms with E-state index in [9.17, 15) is 14.4 Å². The molecule has 0 saturated heterocycles. The van der Waals surface area contributed by atoms with Crippen molar-refractivity contribution in [1.29, 1.82) is 0 Å². The van der Waals surface area contributed by atoms with Crippen molar-refractivity contribution in [1.82, 2.24) is 10.6 Å². The quantitative estimate of drug-likeness (QED) is 0.635. The molecule has 0 aliphatic heterocycles. The van der Waals surface area contributed by atoms with Crippen molar-refractivity contribution in [3.8, 4) is 0 Å². The van der Waals surface area contributed by atoms with Gasteiger partial charge < -0.3 is 15.7 Å². The summed E-state index contributed by atoms with van der Waals surface area (Å²) in [5.41, 5.74) is -0.499. The largest absolute Gasteiger partial charge is 0.480 e. The molecule has 1 atom stereocenters. The summed E-state index contributed by atoms with van der Waals surface area (Å²) in [6.07, 6.45) is 4.75. The van der Waals surface area contributed by atoms with Gasteiger partial charge in [0.15, 0.2) is 0 Å². The van der Waals surface area contributed by atoms with Crippen LogP contribution in [0.15, 0.2) is 0 Å². The standard InChI is InChI=1S/C17H30N2O4/c1-11(2)9-13(15(21)22)19-14(20)10-18-16(23)17(3,4)12-7-5-6-8-12/h11-13H,5-10H2,1-4H3,(H,18,23)(H,19,20)(H,21,22)/t13-/m0/s1. The number of hydrogen-bond acceptors (Lipinski definition) is 3. The van der Waals surface area contributed by atoms with E-state index in [0.717, 1.165) is 25.7 Å². The molecule has 0 aromatic heterocycles. The third-order valence-electron chi connectivity index (χ3n) is 4.71. The molecule has 1 aliphatic rings. The maximum absolute atomic E-state index is 12.3. The molecule has 0 aromatic rings. The monoisotopic (exact) mass is 326 g/mol. The molecule has 6 nitrogen and oxygen atoms in total. The lowest BCUT2D eigenvalue weighted by Crippen LogP contribution is -2.49. The third kappa shape index (κ3) is 5.84. The van der Waals surface area contributed by atoms with Gasteiger partial charge in [0, 0.05) is 5.41 Å². The molecular weight excluding hydrogens is 296 g/mol. The van der Waals surface area contributed by atoms with E-state index < -0.39 is 23.3 Å². The average molecular weight is 326 g/mol. The number of carboxylic acids is 1. The molecule has 1 rings (SSSR count). The molecule has 0 radical (unpaired) electrons. The van der Waals surface area contributed by atoms with Gasteiger partial charge in [-0.3, -0.25) is 9.59 Å². The van der Waals surface area contributed by atoms with E-state index in [1.54, 1.807) is 0 Å². The lowest BCUT2D eigenvalue weighted by atomic mass is 9.77. The van der Waals surface area contributed by atoms with Crippen LogP contribution in [0.25, 0.3) is 0 Å².